The first kappa shape index (κ1) is 8.04. The minimum atomic E-state index is 0.163. The number of anilines is 1. The first-order valence-corrected chi connectivity index (χ1v) is 3.90. The molecule has 0 aliphatic heterocycles. The molecule has 0 unspecified atom stereocenters. The number of aromatic nitrogens is 2. The van der Waals surface area contributed by atoms with Crippen LogP contribution < -0.4 is 5.73 Å². The molecule has 0 saturated heterocycles. The van der Waals surface area contributed by atoms with Crippen LogP contribution in [-0.4, -0.2) is 10.2 Å². The largest absolute Gasteiger partial charge is 0.408 e. The van der Waals surface area contributed by atoms with Gasteiger partial charge in [0, 0.05) is 6.42 Å². The molecule has 0 aliphatic rings. The maximum atomic E-state index is 5.24. The minimum absolute atomic E-state index is 0.163. The van der Waals surface area contributed by atoms with Crippen molar-refractivity contribution in [2.45, 2.75) is 32.6 Å². The van der Waals surface area contributed by atoms with E-state index in [0.29, 0.717) is 5.89 Å². The van der Waals surface area contributed by atoms with Crippen LogP contribution >= 0.6 is 0 Å². The van der Waals surface area contributed by atoms with Crippen LogP contribution in [0.3, 0.4) is 0 Å². The highest BCUT2D eigenvalue weighted by Crippen LogP contribution is 2.05. The van der Waals surface area contributed by atoms with Crippen molar-refractivity contribution in [1.82, 2.24) is 10.2 Å². The van der Waals surface area contributed by atoms with Gasteiger partial charge in [-0.3, -0.25) is 0 Å². The molecule has 0 aromatic carbocycles. The second-order valence-electron chi connectivity index (χ2n) is 2.49. The van der Waals surface area contributed by atoms with E-state index < -0.39 is 0 Å². The molecule has 1 rings (SSSR count). The fraction of sp³-hybridized carbons (Fsp3) is 0.714. The molecule has 2 N–H and O–H groups in total. The number of aryl methyl sites for hydroxylation is 1. The van der Waals surface area contributed by atoms with Crippen LogP contribution in [0.2, 0.25) is 0 Å². The molecule has 0 saturated carbocycles. The van der Waals surface area contributed by atoms with Crippen LogP contribution in [0.1, 0.15) is 32.1 Å². The van der Waals surface area contributed by atoms with E-state index in [0.717, 1.165) is 12.8 Å². The van der Waals surface area contributed by atoms with E-state index in [-0.39, 0.29) is 6.01 Å². The van der Waals surface area contributed by atoms with E-state index in [9.17, 15) is 0 Å². The Bertz CT molecular complexity index is 209. The number of nitrogens with zero attached hydrogens (tertiary/aromatic N) is 2. The molecule has 0 fully saturated rings. The summed E-state index contributed by atoms with van der Waals surface area (Å²) in [6.07, 6.45) is 4.34. The molecule has 0 radical (unpaired) electrons. The number of hydrogen-bond donors (Lipinski definition) is 1. The number of nitrogen functional groups attached to an aromatic ring is 1. The molecule has 11 heavy (non-hydrogen) atoms. The first-order valence-electron chi connectivity index (χ1n) is 3.90. The zero-order valence-electron chi connectivity index (χ0n) is 6.71. The summed E-state index contributed by atoms with van der Waals surface area (Å²) < 4.78 is 4.99. The average Bonchev–Trinajstić information content (AvgIpc) is 2.37. The number of hydrogen-bond acceptors (Lipinski definition) is 4. The van der Waals surface area contributed by atoms with E-state index in [1.807, 2.05) is 0 Å². The zero-order chi connectivity index (χ0) is 8.10. The van der Waals surface area contributed by atoms with Gasteiger partial charge in [-0.1, -0.05) is 24.9 Å². The summed E-state index contributed by atoms with van der Waals surface area (Å²) in [7, 11) is 0. The Morgan fingerprint density at radius 3 is 2.73 bits per heavy atom. The highest BCUT2D eigenvalue weighted by Gasteiger charge is 2.00. The van der Waals surface area contributed by atoms with Gasteiger partial charge in [-0.15, -0.1) is 5.10 Å². The Kier molecular flexibility index (Phi) is 2.89. The van der Waals surface area contributed by atoms with Crippen molar-refractivity contribution >= 4 is 6.01 Å². The minimum Gasteiger partial charge on any atom is -0.408 e. The molecule has 4 heteroatoms. The average molecular weight is 155 g/mol. The fourth-order valence-electron chi connectivity index (χ4n) is 0.894. The highest BCUT2D eigenvalue weighted by atomic mass is 16.4. The summed E-state index contributed by atoms with van der Waals surface area (Å²) in [5.74, 6) is 0.649. The second-order valence-corrected chi connectivity index (χ2v) is 2.49. The molecule has 0 spiro atoms. The standard InChI is InChI=1S/C7H13N3O/c1-2-3-4-5-6-9-10-7(8)11-6/h2-5H2,1H3,(H2,8,10). The Morgan fingerprint density at radius 1 is 1.36 bits per heavy atom. The molecule has 0 bridgehead atoms. The van der Waals surface area contributed by atoms with Gasteiger partial charge in [-0.25, -0.2) is 0 Å². The van der Waals surface area contributed by atoms with Gasteiger partial charge in [-0.2, -0.15) is 0 Å². The molecule has 62 valence electrons. The van der Waals surface area contributed by atoms with Gasteiger partial charge in [-0.05, 0) is 6.42 Å². The Hall–Kier alpha value is -1.06. The number of rotatable bonds is 4. The van der Waals surface area contributed by atoms with Gasteiger partial charge < -0.3 is 10.2 Å². The van der Waals surface area contributed by atoms with Crippen LogP contribution in [0.15, 0.2) is 4.42 Å². The third-order valence-corrected chi connectivity index (χ3v) is 1.48. The van der Waals surface area contributed by atoms with Crippen molar-refractivity contribution in [3.63, 3.8) is 0 Å². The molecular weight excluding hydrogens is 142 g/mol. The van der Waals surface area contributed by atoms with Crippen molar-refractivity contribution < 1.29 is 4.42 Å². The lowest BCUT2D eigenvalue weighted by molar-refractivity contribution is 0.496. The van der Waals surface area contributed by atoms with E-state index >= 15 is 0 Å². The van der Waals surface area contributed by atoms with Crippen molar-refractivity contribution in [3.05, 3.63) is 5.89 Å². The molecule has 1 aromatic rings. The first-order chi connectivity index (χ1) is 5.33. The third-order valence-electron chi connectivity index (χ3n) is 1.48. The Labute approximate surface area is 65.8 Å². The monoisotopic (exact) mass is 155 g/mol. The third kappa shape index (κ3) is 2.57. The van der Waals surface area contributed by atoms with Gasteiger partial charge in [0.15, 0.2) is 0 Å². The van der Waals surface area contributed by atoms with Gasteiger partial charge in [0.2, 0.25) is 5.89 Å². The summed E-state index contributed by atoms with van der Waals surface area (Å²) in [4.78, 5) is 0. The lowest BCUT2D eigenvalue weighted by atomic mass is 10.2. The van der Waals surface area contributed by atoms with Crippen LogP contribution in [0.4, 0.5) is 6.01 Å². The smallest absolute Gasteiger partial charge is 0.312 e. The van der Waals surface area contributed by atoms with E-state index in [4.69, 9.17) is 10.2 Å². The van der Waals surface area contributed by atoms with Crippen molar-refractivity contribution in [3.8, 4) is 0 Å². The summed E-state index contributed by atoms with van der Waals surface area (Å²) in [6, 6.07) is 0.163. The van der Waals surface area contributed by atoms with Crippen molar-refractivity contribution in [2.24, 2.45) is 0 Å². The molecule has 0 amide bonds. The maximum absolute atomic E-state index is 5.24. The number of nitrogens with two attached hydrogens (primary N) is 1. The Balaban J connectivity index is 2.27. The SMILES string of the molecule is CCCCCc1nnc(N)o1. The Morgan fingerprint density at radius 2 is 2.18 bits per heavy atom. The molecule has 4 nitrogen and oxygen atoms in total. The molecule has 0 atom stereocenters. The molecule has 0 aliphatic carbocycles. The lowest BCUT2D eigenvalue weighted by Gasteiger charge is -1.91. The topological polar surface area (TPSA) is 64.9 Å². The molecule has 1 aromatic heterocycles. The van der Waals surface area contributed by atoms with Crippen LogP contribution in [0, 0.1) is 0 Å². The van der Waals surface area contributed by atoms with Crippen LogP contribution in [0.5, 0.6) is 0 Å². The van der Waals surface area contributed by atoms with Crippen molar-refractivity contribution in [2.75, 3.05) is 5.73 Å². The van der Waals surface area contributed by atoms with Crippen LogP contribution in [-0.2, 0) is 6.42 Å². The zero-order valence-corrected chi connectivity index (χ0v) is 6.71. The van der Waals surface area contributed by atoms with Gasteiger partial charge in [0.25, 0.3) is 0 Å². The van der Waals surface area contributed by atoms with E-state index in [2.05, 4.69) is 17.1 Å². The van der Waals surface area contributed by atoms with Crippen LogP contribution in [0.25, 0.3) is 0 Å². The van der Waals surface area contributed by atoms with Gasteiger partial charge in [0.1, 0.15) is 0 Å². The van der Waals surface area contributed by atoms with Crippen molar-refractivity contribution in [1.29, 1.82) is 0 Å². The summed E-state index contributed by atoms with van der Waals surface area (Å²) in [5.41, 5.74) is 5.24. The normalized spacial score (nSPS) is 10.3. The highest BCUT2D eigenvalue weighted by molar-refractivity contribution is 5.04. The lowest BCUT2D eigenvalue weighted by Crippen LogP contribution is -1.84. The summed E-state index contributed by atoms with van der Waals surface area (Å²) in [5, 5.41) is 7.30. The maximum Gasteiger partial charge on any atom is 0.312 e. The summed E-state index contributed by atoms with van der Waals surface area (Å²) in [6.45, 7) is 2.15. The summed E-state index contributed by atoms with van der Waals surface area (Å²) >= 11 is 0. The van der Waals surface area contributed by atoms with E-state index in [1.54, 1.807) is 0 Å². The second kappa shape index (κ2) is 3.95. The van der Waals surface area contributed by atoms with Gasteiger partial charge >= 0.3 is 6.01 Å². The predicted molar refractivity (Wildman–Crippen MR) is 41.9 cm³/mol. The predicted octanol–water partition coefficient (Wildman–Crippen LogP) is 1.38. The van der Waals surface area contributed by atoms with E-state index in [1.165, 1.54) is 12.8 Å². The number of unbranched alkanes of at least 4 members (excludes halogenated alkanes) is 2. The van der Waals surface area contributed by atoms with Gasteiger partial charge in [0.05, 0.1) is 0 Å². The molecule has 1 heterocycles. The molecular formula is C7H13N3O. The fourth-order valence-corrected chi connectivity index (χ4v) is 0.894. The quantitative estimate of drug-likeness (QED) is 0.667.